The van der Waals surface area contributed by atoms with Gasteiger partial charge in [0.2, 0.25) is 0 Å². The Balaban J connectivity index is 2.34. The summed E-state index contributed by atoms with van der Waals surface area (Å²) in [6.07, 6.45) is 7.42. The second-order valence-electron chi connectivity index (χ2n) is 1.82. The van der Waals surface area contributed by atoms with Crippen LogP contribution in [-0.2, 0) is 0 Å². The number of allylic oxidation sites excluding steroid dienone is 2. The van der Waals surface area contributed by atoms with Crippen LogP contribution in [0.5, 0.6) is 0 Å². The number of rotatable bonds is 0. The van der Waals surface area contributed by atoms with Crippen LogP contribution < -0.4 is 5.53 Å². The summed E-state index contributed by atoms with van der Waals surface area (Å²) in [6, 6.07) is 0. The number of hydrazine groups is 1. The molecule has 0 aromatic carbocycles. The highest BCUT2D eigenvalue weighted by atomic mass is 15.8. The lowest BCUT2D eigenvalue weighted by Gasteiger charge is -2.20. The molecule has 0 atom stereocenters. The first-order valence-corrected chi connectivity index (χ1v) is 2.84. The number of hydrogen-bond acceptors (Lipinski definition) is 5. The molecule has 50 valence electrons. The molecule has 10 heavy (non-hydrogen) atoms. The summed E-state index contributed by atoms with van der Waals surface area (Å²) in [7, 11) is 0. The van der Waals surface area contributed by atoms with Crippen LogP contribution in [0.3, 0.4) is 0 Å². The monoisotopic (exact) mass is 135 g/mol. The number of nitrogens with one attached hydrogen (secondary N) is 1. The van der Waals surface area contributed by atoms with E-state index in [0.29, 0.717) is 0 Å². The highest BCUT2D eigenvalue weighted by Crippen LogP contribution is 2.02. The van der Waals surface area contributed by atoms with Gasteiger partial charge in [-0.2, -0.15) is 5.53 Å². The van der Waals surface area contributed by atoms with Crippen LogP contribution in [0.4, 0.5) is 0 Å². The molecule has 5 nitrogen and oxygen atoms in total. The van der Waals surface area contributed by atoms with Gasteiger partial charge < -0.3 is 0 Å². The predicted octanol–water partition coefficient (Wildman–Crippen LogP) is 0.571. The fourth-order valence-corrected chi connectivity index (χ4v) is 0.736. The maximum absolute atomic E-state index is 3.75. The Kier molecular flexibility index (Phi) is 1.00. The summed E-state index contributed by atoms with van der Waals surface area (Å²) in [6.45, 7) is 0. The first-order valence-electron chi connectivity index (χ1n) is 2.84. The van der Waals surface area contributed by atoms with E-state index in [2.05, 4.69) is 21.1 Å². The van der Waals surface area contributed by atoms with E-state index in [-0.39, 0.29) is 0 Å². The predicted molar refractivity (Wildman–Crippen MR) is 35.5 cm³/mol. The molecule has 2 rings (SSSR count). The zero-order chi connectivity index (χ0) is 6.81. The van der Waals surface area contributed by atoms with Crippen molar-refractivity contribution in [3.63, 3.8) is 0 Å². The highest BCUT2D eigenvalue weighted by Gasteiger charge is 2.08. The third-order valence-corrected chi connectivity index (χ3v) is 1.18. The molecule has 0 radical (unpaired) electrons. The fraction of sp³-hybridized carbons (Fsp3) is 0. The molecule has 0 amide bonds. The first-order chi connectivity index (χ1) is 4.97. The molecule has 2 aliphatic rings. The summed E-state index contributed by atoms with van der Waals surface area (Å²) >= 11 is 0. The third kappa shape index (κ3) is 0.680. The van der Waals surface area contributed by atoms with Gasteiger partial charge in [0, 0.05) is 6.20 Å². The largest absolute Gasteiger partial charge is 0.226 e. The van der Waals surface area contributed by atoms with Crippen LogP contribution in [0, 0.1) is 0 Å². The van der Waals surface area contributed by atoms with E-state index in [9.17, 15) is 0 Å². The minimum Gasteiger partial charge on any atom is -0.226 e. The lowest BCUT2D eigenvalue weighted by atomic mass is 10.4. The number of nitrogens with zero attached hydrogens (tertiary/aromatic N) is 4. The summed E-state index contributed by atoms with van der Waals surface area (Å²) in [4.78, 5) is 0. The van der Waals surface area contributed by atoms with Crippen molar-refractivity contribution in [3.8, 4) is 0 Å². The van der Waals surface area contributed by atoms with Crippen LogP contribution in [0.2, 0.25) is 0 Å². The fourth-order valence-electron chi connectivity index (χ4n) is 0.736. The van der Waals surface area contributed by atoms with Gasteiger partial charge in [-0.1, -0.05) is 6.08 Å². The third-order valence-electron chi connectivity index (χ3n) is 1.18. The van der Waals surface area contributed by atoms with Crippen LogP contribution in [0.1, 0.15) is 0 Å². The molecule has 1 N–H and O–H groups in total. The Morgan fingerprint density at radius 1 is 1.40 bits per heavy atom. The Morgan fingerprint density at radius 3 is 3.30 bits per heavy atom. The van der Waals surface area contributed by atoms with E-state index < -0.39 is 0 Å². The number of fused-ring (bicyclic) bond motifs is 1. The maximum atomic E-state index is 3.75. The standard InChI is InChI=1S/C5H5N5/c1-2-4-10-5(3-1)6-7-8-9-10/h1-4H,(H,7,9). The molecular formula is C5H5N5. The van der Waals surface area contributed by atoms with Gasteiger partial charge in [0.15, 0.2) is 5.84 Å². The first kappa shape index (κ1) is 5.16. The van der Waals surface area contributed by atoms with Crippen LogP contribution >= 0.6 is 0 Å². The molecule has 0 fully saturated rings. The van der Waals surface area contributed by atoms with E-state index in [4.69, 9.17) is 0 Å². The topological polar surface area (TPSA) is 52.4 Å². The van der Waals surface area contributed by atoms with E-state index in [0.717, 1.165) is 5.84 Å². The molecule has 0 bridgehead atoms. The van der Waals surface area contributed by atoms with E-state index in [1.807, 2.05) is 24.4 Å². The summed E-state index contributed by atoms with van der Waals surface area (Å²) in [5.41, 5.74) is 2.64. The van der Waals surface area contributed by atoms with Gasteiger partial charge in [0.05, 0.1) is 0 Å². The van der Waals surface area contributed by atoms with E-state index in [1.54, 1.807) is 5.01 Å². The highest BCUT2D eigenvalue weighted by molar-refractivity contribution is 5.94. The molecule has 0 aliphatic carbocycles. The van der Waals surface area contributed by atoms with Crippen molar-refractivity contribution in [2.45, 2.75) is 0 Å². The van der Waals surface area contributed by atoms with Crippen LogP contribution in [0.15, 0.2) is 40.0 Å². The van der Waals surface area contributed by atoms with Crippen molar-refractivity contribution in [3.05, 3.63) is 24.4 Å². The van der Waals surface area contributed by atoms with Gasteiger partial charge in [0.25, 0.3) is 0 Å². The van der Waals surface area contributed by atoms with Crippen molar-refractivity contribution in [1.82, 2.24) is 10.5 Å². The second-order valence-corrected chi connectivity index (χ2v) is 1.82. The van der Waals surface area contributed by atoms with Gasteiger partial charge in [-0.15, -0.1) is 5.10 Å². The molecule has 0 unspecified atom stereocenters. The van der Waals surface area contributed by atoms with Crippen molar-refractivity contribution < 1.29 is 0 Å². The Labute approximate surface area is 57.4 Å². The van der Waals surface area contributed by atoms with Gasteiger partial charge in [-0.25, -0.2) is 5.01 Å². The van der Waals surface area contributed by atoms with E-state index >= 15 is 0 Å². The molecule has 0 aromatic heterocycles. The minimum atomic E-state index is 0.748. The number of hydrogen-bond donors (Lipinski definition) is 1. The van der Waals surface area contributed by atoms with Crippen molar-refractivity contribution in [2.75, 3.05) is 0 Å². The maximum Gasteiger partial charge on any atom is 0.177 e. The molecule has 0 saturated heterocycles. The lowest BCUT2D eigenvalue weighted by molar-refractivity contribution is 0.381. The second kappa shape index (κ2) is 1.94. The van der Waals surface area contributed by atoms with Gasteiger partial charge in [-0.05, 0) is 22.6 Å². The molecule has 2 aliphatic heterocycles. The van der Waals surface area contributed by atoms with Crippen LogP contribution in [0.25, 0.3) is 0 Å². The Hall–Kier alpha value is -1.65. The van der Waals surface area contributed by atoms with Crippen LogP contribution in [-0.4, -0.2) is 10.8 Å². The van der Waals surface area contributed by atoms with Crippen molar-refractivity contribution in [2.24, 2.45) is 15.5 Å². The SMILES string of the molecule is C1=CC2=NN=NNN2C=C1. The quantitative estimate of drug-likeness (QED) is 0.528. The van der Waals surface area contributed by atoms with Gasteiger partial charge >= 0.3 is 0 Å². The average molecular weight is 135 g/mol. The molecule has 5 heteroatoms. The molecule has 0 aromatic rings. The zero-order valence-electron chi connectivity index (χ0n) is 5.10. The Bertz CT molecular complexity index is 249. The Morgan fingerprint density at radius 2 is 2.40 bits per heavy atom. The molecule has 0 saturated carbocycles. The summed E-state index contributed by atoms with van der Waals surface area (Å²) in [5, 5.41) is 12.4. The van der Waals surface area contributed by atoms with E-state index in [1.165, 1.54) is 0 Å². The van der Waals surface area contributed by atoms with Crippen molar-refractivity contribution >= 4 is 5.84 Å². The minimum absolute atomic E-state index is 0.748. The number of amidine groups is 1. The normalized spacial score (nSPS) is 20.0. The average Bonchev–Trinajstić information content (AvgIpc) is 2.05. The van der Waals surface area contributed by atoms with Gasteiger partial charge in [-0.3, -0.25) is 0 Å². The lowest BCUT2D eigenvalue weighted by Crippen LogP contribution is -2.36. The van der Waals surface area contributed by atoms with Gasteiger partial charge in [0.1, 0.15) is 0 Å². The zero-order valence-corrected chi connectivity index (χ0v) is 5.10. The molecule has 0 spiro atoms. The smallest absolute Gasteiger partial charge is 0.177 e. The van der Waals surface area contributed by atoms with Crippen molar-refractivity contribution in [1.29, 1.82) is 0 Å². The summed E-state index contributed by atoms with van der Waals surface area (Å²) in [5.74, 6) is 0.748. The summed E-state index contributed by atoms with van der Waals surface area (Å²) < 4.78 is 0. The molecule has 2 heterocycles. The molecular weight excluding hydrogens is 130 g/mol.